The first-order valence-electron chi connectivity index (χ1n) is 9.64. The smallest absolute Gasteiger partial charge is 0.285 e. The minimum Gasteiger partial charge on any atom is -0.472 e. The van der Waals surface area contributed by atoms with Crippen molar-refractivity contribution in [2.24, 2.45) is 0 Å². The van der Waals surface area contributed by atoms with Gasteiger partial charge in [0.05, 0.1) is 36.8 Å². The first-order chi connectivity index (χ1) is 14.3. The van der Waals surface area contributed by atoms with Gasteiger partial charge in [-0.3, -0.25) is 9.48 Å². The summed E-state index contributed by atoms with van der Waals surface area (Å²) < 4.78 is 7.79. The number of pyridine rings is 1. The third kappa shape index (κ3) is 4.63. The zero-order valence-electron chi connectivity index (χ0n) is 16.7. The second kappa shape index (κ2) is 8.08. The number of H-pyrrole nitrogens is 1. The molecule has 4 heterocycles. The van der Waals surface area contributed by atoms with Crippen LogP contribution >= 0.6 is 11.6 Å². The monoisotopic (exact) mass is 430 g/mol. The van der Waals surface area contributed by atoms with Gasteiger partial charge in [0, 0.05) is 37.0 Å². The fourth-order valence-electron chi connectivity index (χ4n) is 3.46. The van der Waals surface area contributed by atoms with Crippen LogP contribution in [-0.2, 0) is 6.54 Å². The Kier molecular flexibility index (Phi) is 5.48. The van der Waals surface area contributed by atoms with E-state index in [-0.39, 0.29) is 11.1 Å². The predicted molar refractivity (Wildman–Crippen MR) is 113 cm³/mol. The summed E-state index contributed by atoms with van der Waals surface area (Å²) >= 11 is 6.11. The number of anilines is 1. The molecule has 0 spiro atoms. The van der Waals surface area contributed by atoms with Gasteiger partial charge in [-0.05, 0) is 25.5 Å². The van der Waals surface area contributed by atoms with Gasteiger partial charge in [-0.2, -0.15) is 10.2 Å². The number of aromatic amines is 1. The fourth-order valence-corrected chi connectivity index (χ4v) is 3.67. The van der Waals surface area contributed by atoms with Crippen molar-refractivity contribution in [2.75, 3.05) is 18.0 Å². The lowest BCUT2D eigenvalue weighted by Gasteiger charge is -2.19. The molecule has 0 aromatic carbocycles. The highest BCUT2D eigenvalue weighted by Gasteiger charge is 2.27. The van der Waals surface area contributed by atoms with Gasteiger partial charge in [0.25, 0.3) is 5.56 Å². The first-order valence-corrected chi connectivity index (χ1v) is 10.0. The minimum atomic E-state index is -0.841. The summed E-state index contributed by atoms with van der Waals surface area (Å²) in [7, 11) is 0. The molecule has 0 amide bonds. The third-order valence-corrected chi connectivity index (χ3v) is 5.17. The molecule has 0 unspecified atom stereocenters. The topological polar surface area (TPSA) is 109 Å². The van der Waals surface area contributed by atoms with Gasteiger partial charge < -0.3 is 14.7 Å². The molecule has 3 aromatic heterocycles. The Balaban J connectivity index is 1.44. The zero-order valence-corrected chi connectivity index (χ0v) is 17.5. The summed E-state index contributed by atoms with van der Waals surface area (Å²) in [5.74, 6) is 0.518. The van der Waals surface area contributed by atoms with Crippen molar-refractivity contribution in [1.82, 2.24) is 25.0 Å². The van der Waals surface area contributed by atoms with E-state index in [1.807, 2.05) is 23.2 Å². The number of hydrogen-bond donors (Lipinski definition) is 2. The molecule has 0 aliphatic carbocycles. The Labute approximate surface area is 178 Å². The van der Waals surface area contributed by atoms with Gasteiger partial charge in [-0.15, -0.1) is 0 Å². The Morgan fingerprint density at radius 2 is 2.20 bits per heavy atom. The highest BCUT2D eigenvalue weighted by Crippen LogP contribution is 2.28. The van der Waals surface area contributed by atoms with Crippen molar-refractivity contribution < 1.29 is 9.84 Å². The van der Waals surface area contributed by atoms with Gasteiger partial charge in [0.1, 0.15) is 11.1 Å². The lowest BCUT2D eigenvalue weighted by atomic mass is 10.1. The number of aromatic nitrogens is 5. The van der Waals surface area contributed by atoms with Gasteiger partial charge in [-0.25, -0.2) is 10.1 Å². The van der Waals surface area contributed by atoms with Crippen molar-refractivity contribution in [3.8, 4) is 17.0 Å². The Bertz CT molecular complexity index is 1090. The van der Waals surface area contributed by atoms with E-state index in [0.29, 0.717) is 31.2 Å². The molecular formula is C20H23ClN6O3. The molecule has 1 saturated heterocycles. The normalized spacial score (nSPS) is 16.8. The first kappa shape index (κ1) is 20.4. The standard InChI is InChI=1S/C20H23ClN6O3/c1-20(2,29)12-27-10-14(8-24-27)13-3-5-22-17(7-13)30-15-4-6-26(11-15)16-9-23-25-19(28)18(16)21/h3,5,7-10,15,29H,4,6,11-12H2,1-2H3,(H,25,28)/t15-/m1/s1. The van der Waals surface area contributed by atoms with Crippen molar-refractivity contribution >= 4 is 17.3 Å². The number of rotatable bonds is 6. The molecule has 0 radical (unpaired) electrons. The molecule has 10 heteroatoms. The second-order valence-electron chi connectivity index (χ2n) is 7.99. The molecule has 3 aromatic rings. The van der Waals surface area contributed by atoms with E-state index >= 15 is 0 Å². The molecule has 9 nitrogen and oxygen atoms in total. The lowest BCUT2D eigenvalue weighted by molar-refractivity contribution is 0.0577. The molecule has 1 aliphatic rings. The number of nitrogens with one attached hydrogen (secondary N) is 1. The molecule has 1 aliphatic heterocycles. The van der Waals surface area contributed by atoms with E-state index < -0.39 is 11.2 Å². The maximum Gasteiger partial charge on any atom is 0.285 e. The van der Waals surface area contributed by atoms with E-state index in [1.54, 1.807) is 37.1 Å². The van der Waals surface area contributed by atoms with Crippen LogP contribution < -0.4 is 15.2 Å². The lowest BCUT2D eigenvalue weighted by Crippen LogP contribution is -2.26. The average Bonchev–Trinajstić information content (AvgIpc) is 3.33. The number of hydrogen-bond acceptors (Lipinski definition) is 7. The van der Waals surface area contributed by atoms with Crippen molar-refractivity contribution in [2.45, 2.75) is 38.5 Å². The van der Waals surface area contributed by atoms with E-state index in [2.05, 4.69) is 20.3 Å². The van der Waals surface area contributed by atoms with Crippen LogP contribution in [0.1, 0.15) is 20.3 Å². The van der Waals surface area contributed by atoms with Gasteiger partial charge in [0.15, 0.2) is 0 Å². The molecule has 2 N–H and O–H groups in total. The van der Waals surface area contributed by atoms with Crippen LogP contribution in [0.4, 0.5) is 5.69 Å². The molecule has 158 valence electrons. The van der Waals surface area contributed by atoms with Crippen LogP contribution in [-0.4, -0.2) is 54.9 Å². The van der Waals surface area contributed by atoms with Gasteiger partial charge >= 0.3 is 0 Å². The Morgan fingerprint density at radius 1 is 1.37 bits per heavy atom. The molecule has 4 rings (SSSR count). The third-order valence-electron chi connectivity index (χ3n) is 4.80. The number of nitrogens with zero attached hydrogens (tertiary/aromatic N) is 5. The highest BCUT2D eigenvalue weighted by molar-refractivity contribution is 6.33. The molecule has 0 saturated carbocycles. The molecule has 1 fully saturated rings. The maximum absolute atomic E-state index is 11.7. The molecule has 1 atom stereocenters. The van der Waals surface area contributed by atoms with E-state index in [0.717, 1.165) is 17.5 Å². The number of aliphatic hydroxyl groups is 1. The van der Waals surface area contributed by atoms with Gasteiger partial charge in [0.2, 0.25) is 5.88 Å². The van der Waals surface area contributed by atoms with E-state index in [1.165, 1.54) is 0 Å². The van der Waals surface area contributed by atoms with Crippen LogP contribution in [0.25, 0.3) is 11.1 Å². The zero-order chi connectivity index (χ0) is 21.3. The SMILES string of the molecule is CC(C)(O)Cn1cc(-c2ccnc(O[C@@H]3CCN(c4cn[nH]c(=O)c4Cl)C3)c2)cn1. The van der Waals surface area contributed by atoms with Crippen LogP contribution in [0.5, 0.6) is 5.88 Å². The molecular weight excluding hydrogens is 408 g/mol. The summed E-state index contributed by atoms with van der Waals surface area (Å²) in [5.41, 5.74) is 1.21. The van der Waals surface area contributed by atoms with Crippen molar-refractivity contribution in [1.29, 1.82) is 0 Å². The van der Waals surface area contributed by atoms with Crippen LogP contribution in [0.3, 0.4) is 0 Å². The van der Waals surface area contributed by atoms with Crippen LogP contribution in [0.15, 0.2) is 41.7 Å². The maximum atomic E-state index is 11.7. The molecule has 30 heavy (non-hydrogen) atoms. The van der Waals surface area contributed by atoms with Crippen LogP contribution in [0, 0.1) is 0 Å². The number of ether oxygens (including phenoxy) is 1. The summed E-state index contributed by atoms with van der Waals surface area (Å²) in [6, 6.07) is 3.76. The Morgan fingerprint density at radius 3 is 3.00 bits per heavy atom. The summed E-state index contributed by atoms with van der Waals surface area (Å²) in [5, 5.41) is 20.6. The average molecular weight is 431 g/mol. The predicted octanol–water partition coefficient (Wildman–Crippen LogP) is 2.11. The van der Waals surface area contributed by atoms with Crippen molar-refractivity contribution in [3.05, 3.63) is 52.3 Å². The van der Waals surface area contributed by atoms with E-state index in [4.69, 9.17) is 16.3 Å². The van der Waals surface area contributed by atoms with Crippen molar-refractivity contribution in [3.63, 3.8) is 0 Å². The minimum absolute atomic E-state index is 0.0824. The quantitative estimate of drug-likeness (QED) is 0.616. The van der Waals surface area contributed by atoms with Crippen LogP contribution in [0.2, 0.25) is 5.02 Å². The highest BCUT2D eigenvalue weighted by atomic mass is 35.5. The van der Waals surface area contributed by atoms with E-state index in [9.17, 15) is 9.90 Å². The summed E-state index contributed by atoms with van der Waals surface area (Å²) in [6.45, 7) is 5.18. The molecule has 0 bridgehead atoms. The van der Waals surface area contributed by atoms with Gasteiger partial charge in [-0.1, -0.05) is 11.6 Å². The summed E-state index contributed by atoms with van der Waals surface area (Å²) in [6.07, 6.45) is 7.58. The number of halogens is 1. The summed E-state index contributed by atoms with van der Waals surface area (Å²) in [4.78, 5) is 18.0. The largest absolute Gasteiger partial charge is 0.472 e. The Hall–Kier alpha value is -2.91. The fraction of sp³-hybridized carbons (Fsp3) is 0.400. The second-order valence-corrected chi connectivity index (χ2v) is 8.37.